The summed E-state index contributed by atoms with van der Waals surface area (Å²) in [5.41, 5.74) is 2.58. The van der Waals surface area contributed by atoms with Gasteiger partial charge in [0.15, 0.2) is 0 Å². The van der Waals surface area contributed by atoms with Gasteiger partial charge in [-0.2, -0.15) is 10.2 Å². The number of hydrogen-bond acceptors (Lipinski definition) is 4. The molecule has 4 aromatic rings. The normalized spacial score (nSPS) is 18.0. The van der Waals surface area contributed by atoms with Crippen LogP contribution in [0, 0.1) is 17.2 Å². The molecule has 2 atom stereocenters. The van der Waals surface area contributed by atoms with Gasteiger partial charge < -0.3 is 9.73 Å². The average molecular weight is 365 g/mol. The molecule has 0 radical (unpaired) electrons. The Morgan fingerprint density at radius 1 is 1.00 bits per heavy atom. The molecule has 2 unspecified atom stereocenters. The van der Waals surface area contributed by atoms with Crippen molar-refractivity contribution in [1.29, 1.82) is 5.26 Å². The predicted octanol–water partition coefficient (Wildman–Crippen LogP) is 5.58. The molecule has 3 aromatic carbocycles. The van der Waals surface area contributed by atoms with Crippen molar-refractivity contribution >= 4 is 16.7 Å². The van der Waals surface area contributed by atoms with E-state index in [2.05, 4.69) is 52.8 Å². The summed E-state index contributed by atoms with van der Waals surface area (Å²) in [7, 11) is 0. The Bertz CT molecular complexity index is 1170. The van der Waals surface area contributed by atoms with Crippen LogP contribution in [0.4, 0.5) is 5.88 Å². The Hall–Kier alpha value is -3.58. The summed E-state index contributed by atoms with van der Waals surface area (Å²) in [6, 6.07) is 26.8. The molecule has 136 valence electrons. The molecule has 1 aliphatic carbocycles. The number of fused-ring (bicyclic) bond motifs is 1. The van der Waals surface area contributed by atoms with Crippen LogP contribution in [0.2, 0.25) is 0 Å². The molecular weight excluding hydrogens is 346 g/mol. The lowest BCUT2D eigenvalue weighted by Gasteiger charge is -2.04. The Labute approximate surface area is 163 Å². The van der Waals surface area contributed by atoms with Gasteiger partial charge in [-0.1, -0.05) is 66.7 Å². The summed E-state index contributed by atoms with van der Waals surface area (Å²) in [5, 5.41) is 15.0. The predicted molar refractivity (Wildman–Crippen MR) is 110 cm³/mol. The fourth-order valence-electron chi connectivity index (χ4n) is 3.85. The number of nitriles is 1. The smallest absolute Gasteiger partial charge is 0.232 e. The topological polar surface area (TPSA) is 61.9 Å². The standard InChI is InChI=1S/C24H19N3O/c25-14-22-24(26-15-18-13-21(18)17-7-2-1-3-8-17)28-23(27-22)20-12-6-10-16-9-4-5-11-19(16)20/h1-12,18,21,26H,13,15H2. The van der Waals surface area contributed by atoms with E-state index in [4.69, 9.17) is 4.42 Å². The summed E-state index contributed by atoms with van der Waals surface area (Å²) in [6.07, 6.45) is 1.16. The molecule has 28 heavy (non-hydrogen) atoms. The highest BCUT2D eigenvalue weighted by atomic mass is 16.4. The van der Waals surface area contributed by atoms with Gasteiger partial charge in [-0.15, -0.1) is 0 Å². The van der Waals surface area contributed by atoms with E-state index in [0.717, 1.165) is 29.3 Å². The van der Waals surface area contributed by atoms with E-state index in [1.165, 1.54) is 5.56 Å². The van der Waals surface area contributed by atoms with Gasteiger partial charge in [0.2, 0.25) is 17.5 Å². The first-order valence-electron chi connectivity index (χ1n) is 9.51. The second kappa shape index (κ2) is 6.86. The molecule has 4 heteroatoms. The van der Waals surface area contributed by atoms with Gasteiger partial charge in [-0.05, 0) is 40.7 Å². The van der Waals surface area contributed by atoms with Crippen molar-refractivity contribution in [2.75, 3.05) is 11.9 Å². The second-order valence-electron chi connectivity index (χ2n) is 7.23. The summed E-state index contributed by atoms with van der Waals surface area (Å²) in [4.78, 5) is 4.43. The molecule has 4 nitrogen and oxygen atoms in total. The Kier molecular flexibility index (Phi) is 4.06. The van der Waals surface area contributed by atoms with E-state index in [1.54, 1.807) is 0 Å². The molecule has 1 fully saturated rings. The quantitative estimate of drug-likeness (QED) is 0.501. The average Bonchev–Trinajstić information content (AvgIpc) is 3.42. The zero-order valence-corrected chi connectivity index (χ0v) is 15.3. The molecule has 0 spiro atoms. The number of aromatic nitrogens is 1. The zero-order chi connectivity index (χ0) is 18.9. The third kappa shape index (κ3) is 3.01. The summed E-state index contributed by atoms with van der Waals surface area (Å²) in [5.74, 6) is 2.08. The number of hydrogen-bond donors (Lipinski definition) is 1. The van der Waals surface area contributed by atoms with Gasteiger partial charge in [-0.25, -0.2) is 0 Å². The van der Waals surface area contributed by atoms with Crippen LogP contribution in [0.5, 0.6) is 0 Å². The molecule has 0 saturated heterocycles. The number of oxazole rings is 1. The first-order chi connectivity index (χ1) is 13.8. The van der Waals surface area contributed by atoms with Crippen LogP contribution in [-0.2, 0) is 0 Å². The minimum Gasteiger partial charge on any atom is -0.419 e. The lowest BCUT2D eigenvalue weighted by Crippen LogP contribution is -2.05. The van der Waals surface area contributed by atoms with Crippen LogP contribution < -0.4 is 5.32 Å². The fraction of sp³-hybridized carbons (Fsp3) is 0.167. The van der Waals surface area contributed by atoms with Crippen LogP contribution in [0.3, 0.4) is 0 Å². The van der Waals surface area contributed by atoms with E-state index >= 15 is 0 Å². The van der Waals surface area contributed by atoms with Gasteiger partial charge in [0.05, 0.1) is 0 Å². The molecule has 1 heterocycles. The van der Waals surface area contributed by atoms with Crippen molar-refractivity contribution in [3.63, 3.8) is 0 Å². The summed E-state index contributed by atoms with van der Waals surface area (Å²) in [6.45, 7) is 0.776. The van der Waals surface area contributed by atoms with Crippen LogP contribution in [-0.4, -0.2) is 11.5 Å². The number of nitrogens with zero attached hydrogens (tertiary/aromatic N) is 2. The van der Waals surface area contributed by atoms with E-state index in [9.17, 15) is 5.26 Å². The highest BCUT2D eigenvalue weighted by molar-refractivity contribution is 5.94. The van der Waals surface area contributed by atoms with Crippen molar-refractivity contribution in [2.24, 2.45) is 5.92 Å². The molecule has 1 aliphatic rings. The van der Waals surface area contributed by atoms with Crippen LogP contribution >= 0.6 is 0 Å². The lowest BCUT2D eigenvalue weighted by atomic mass is 10.0. The van der Waals surface area contributed by atoms with Crippen LogP contribution in [0.15, 0.2) is 77.2 Å². The van der Waals surface area contributed by atoms with E-state index < -0.39 is 0 Å². The summed E-state index contributed by atoms with van der Waals surface area (Å²) < 4.78 is 5.97. The van der Waals surface area contributed by atoms with Gasteiger partial charge in [0.1, 0.15) is 6.07 Å². The van der Waals surface area contributed by atoms with Crippen molar-refractivity contribution in [1.82, 2.24) is 4.98 Å². The Morgan fingerprint density at radius 3 is 2.64 bits per heavy atom. The number of anilines is 1. The van der Waals surface area contributed by atoms with Crippen LogP contribution in [0.1, 0.15) is 23.6 Å². The zero-order valence-electron chi connectivity index (χ0n) is 15.3. The first kappa shape index (κ1) is 16.6. The monoisotopic (exact) mass is 365 g/mol. The van der Waals surface area contributed by atoms with Gasteiger partial charge in [0.25, 0.3) is 0 Å². The van der Waals surface area contributed by atoms with E-state index in [0.29, 0.717) is 29.3 Å². The lowest BCUT2D eigenvalue weighted by molar-refractivity contribution is 0.583. The minimum atomic E-state index is 0.305. The van der Waals surface area contributed by atoms with Crippen LogP contribution in [0.25, 0.3) is 22.2 Å². The number of nitrogens with one attached hydrogen (secondary N) is 1. The maximum absolute atomic E-state index is 9.49. The van der Waals surface area contributed by atoms with Crippen molar-refractivity contribution < 1.29 is 4.42 Å². The molecule has 5 rings (SSSR count). The molecule has 0 bridgehead atoms. The minimum absolute atomic E-state index is 0.305. The van der Waals surface area contributed by atoms with Gasteiger partial charge in [-0.3, -0.25) is 0 Å². The van der Waals surface area contributed by atoms with Crippen molar-refractivity contribution in [3.8, 4) is 17.5 Å². The molecule has 1 aromatic heterocycles. The van der Waals surface area contributed by atoms with Gasteiger partial charge >= 0.3 is 0 Å². The van der Waals surface area contributed by atoms with Gasteiger partial charge in [0, 0.05) is 12.1 Å². The van der Waals surface area contributed by atoms with Crippen molar-refractivity contribution in [3.05, 3.63) is 84.1 Å². The number of benzene rings is 3. The second-order valence-corrected chi connectivity index (χ2v) is 7.23. The Morgan fingerprint density at radius 2 is 1.79 bits per heavy atom. The SMILES string of the molecule is N#Cc1nc(-c2cccc3ccccc23)oc1NCC1CC1c1ccccc1. The largest absolute Gasteiger partial charge is 0.419 e. The molecule has 1 saturated carbocycles. The highest BCUT2D eigenvalue weighted by Gasteiger charge is 2.38. The molecule has 1 N–H and O–H groups in total. The fourth-order valence-corrected chi connectivity index (χ4v) is 3.85. The highest BCUT2D eigenvalue weighted by Crippen LogP contribution is 2.47. The molecule has 0 amide bonds. The molecular formula is C24H19N3O. The Balaban J connectivity index is 1.37. The van der Waals surface area contributed by atoms with Crippen molar-refractivity contribution in [2.45, 2.75) is 12.3 Å². The number of rotatable bonds is 5. The maximum Gasteiger partial charge on any atom is 0.232 e. The van der Waals surface area contributed by atoms with E-state index in [1.807, 2.05) is 36.4 Å². The maximum atomic E-state index is 9.49. The summed E-state index contributed by atoms with van der Waals surface area (Å²) >= 11 is 0. The first-order valence-corrected chi connectivity index (χ1v) is 9.51. The third-order valence-electron chi connectivity index (χ3n) is 5.43. The molecule has 0 aliphatic heterocycles. The van der Waals surface area contributed by atoms with E-state index in [-0.39, 0.29) is 0 Å². The third-order valence-corrected chi connectivity index (χ3v) is 5.43.